The normalized spacial score (nSPS) is 20.6. The van der Waals surface area contributed by atoms with Crippen molar-refractivity contribution < 1.29 is 32.4 Å². The van der Waals surface area contributed by atoms with E-state index in [9.17, 15) is 23.1 Å². The molecule has 1 aromatic carbocycles. The second kappa shape index (κ2) is 6.59. The molecule has 1 saturated heterocycles. The minimum atomic E-state index is -4.63. The molecule has 1 aliphatic rings. The summed E-state index contributed by atoms with van der Waals surface area (Å²) in [5, 5.41) is 9.21. The standard InChI is InChI=1S/C16H19BBrF3O4/c1-14(2)15(3,4)25-17(24-14)12(8-13(22)23)10-6-5-9(18)7-11(10)16(19,20)21/h5-7,12H,8H2,1-4H3,(H,22,23). The van der Waals surface area contributed by atoms with Crippen LogP contribution in [0, 0.1) is 0 Å². The Hall–Kier alpha value is -1.06. The summed E-state index contributed by atoms with van der Waals surface area (Å²) in [6.07, 6.45) is -5.17. The van der Waals surface area contributed by atoms with Crippen molar-refractivity contribution in [3.63, 3.8) is 0 Å². The first-order valence-electron chi connectivity index (χ1n) is 7.69. The molecule has 2 rings (SSSR count). The highest BCUT2D eigenvalue weighted by atomic mass is 79.9. The van der Waals surface area contributed by atoms with Gasteiger partial charge in [0.05, 0.1) is 23.2 Å². The average Bonchev–Trinajstić information content (AvgIpc) is 2.63. The van der Waals surface area contributed by atoms with E-state index in [-0.39, 0.29) is 10.0 Å². The van der Waals surface area contributed by atoms with E-state index in [4.69, 9.17) is 9.31 Å². The summed E-state index contributed by atoms with van der Waals surface area (Å²) in [7, 11) is -1.09. The van der Waals surface area contributed by atoms with Gasteiger partial charge in [0, 0.05) is 10.3 Å². The lowest BCUT2D eigenvalue weighted by Gasteiger charge is -2.32. The summed E-state index contributed by atoms with van der Waals surface area (Å²) in [5.74, 6) is -2.32. The Bertz CT molecular complexity index is 660. The van der Waals surface area contributed by atoms with E-state index in [2.05, 4.69) is 15.9 Å². The first kappa shape index (κ1) is 20.3. The van der Waals surface area contributed by atoms with Crippen LogP contribution in [0.5, 0.6) is 0 Å². The fraction of sp³-hybridized carbons (Fsp3) is 0.562. The van der Waals surface area contributed by atoms with Gasteiger partial charge in [0.2, 0.25) is 0 Å². The molecule has 1 aromatic rings. The van der Waals surface area contributed by atoms with Crippen LogP contribution >= 0.6 is 15.9 Å². The van der Waals surface area contributed by atoms with Crippen molar-refractivity contribution in [3.8, 4) is 0 Å². The number of halogens is 4. The molecule has 25 heavy (non-hydrogen) atoms. The van der Waals surface area contributed by atoms with Gasteiger partial charge in [-0.1, -0.05) is 22.0 Å². The number of alkyl halides is 3. The Kier molecular flexibility index (Phi) is 5.34. The van der Waals surface area contributed by atoms with Crippen molar-refractivity contribution in [2.45, 2.75) is 57.3 Å². The van der Waals surface area contributed by atoms with E-state index >= 15 is 0 Å². The third-order valence-corrected chi connectivity index (χ3v) is 5.21. The SMILES string of the molecule is CC1(C)OB(C(CC(=O)O)c2ccc(Br)cc2C(F)(F)F)OC1(C)C. The van der Waals surface area contributed by atoms with Gasteiger partial charge in [-0.25, -0.2) is 0 Å². The predicted molar refractivity (Wildman–Crippen MR) is 90.2 cm³/mol. The Morgan fingerprint density at radius 1 is 1.24 bits per heavy atom. The maximum Gasteiger partial charge on any atom is 0.466 e. The van der Waals surface area contributed by atoms with Crippen LogP contribution in [-0.2, 0) is 20.3 Å². The van der Waals surface area contributed by atoms with Gasteiger partial charge < -0.3 is 14.4 Å². The lowest BCUT2D eigenvalue weighted by molar-refractivity contribution is -0.140. The minimum Gasteiger partial charge on any atom is -0.481 e. The zero-order valence-electron chi connectivity index (χ0n) is 14.3. The molecule has 0 radical (unpaired) electrons. The molecule has 0 saturated carbocycles. The van der Waals surface area contributed by atoms with Crippen molar-refractivity contribution in [2.75, 3.05) is 0 Å². The molecule has 138 valence electrons. The summed E-state index contributed by atoms with van der Waals surface area (Å²) in [5.41, 5.74) is -2.61. The number of hydrogen-bond acceptors (Lipinski definition) is 3. The Morgan fingerprint density at radius 3 is 2.20 bits per heavy atom. The van der Waals surface area contributed by atoms with Crippen LogP contribution in [0.1, 0.15) is 51.1 Å². The van der Waals surface area contributed by atoms with Crippen molar-refractivity contribution in [2.24, 2.45) is 0 Å². The predicted octanol–water partition coefficient (Wildman–Crippen LogP) is 4.66. The van der Waals surface area contributed by atoms with Crippen LogP contribution in [0.3, 0.4) is 0 Å². The smallest absolute Gasteiger partial charge is 0.466 e. The fourth-order valence-corrected chi connectivity index (χ4v) is 3.05. The topological polar surface area (TPSA) is 55.8 Å². The third kappa shape index (κ3) is 4.20. The highest BCUT2D eigenvalue weighted by Crippen LogP contribution is 2.44. The lowest BCUT2D eigenvalue weighted by Crippen LogP contribution is -2.41. The summed E-state index contributed by atoms with van der Waals surface area (Å²) in [4.78, 5) is 11.3. The van der Waals surface area contributed by atoms with E-state index < -0.39 is 48.3 Å². The third-order valence-electron chi connectivity index (χ3n) is 4.71. The quantitative estimate of drug-likeness (QED) is 0.717. The molecular formula is C16H19BBrF3O4. The summed E-state index contributed by atoms with van der Waals surface area (Å²) < 4.78 is 52.3. The molecule has 1 heterocycles. The number of carboxylic acids is 1. The van der Waals surface area contributed by atoms with E-state index in [0.717, 1.165) is 6.07 Å². The molecule has 4 nitrogen and oxygen atoms in total. The highest BCUT2D eigenvalue weighted by Gasteiger charge is 2.55. The van der Waals surface area contributed by atoms with Crippen LogP contribution in [0.25, 0.3) is 0 Å². The van der Waals surface area contributed by atoms with Crippen molar-refractivity contribution in [1.29, 1.82) is 0 Å². The van der Waals surface area contributed by atoms with E-state index in [1.54, 1.807) is 27.7 Å². The van der Waals surface area contributed by atoms with Crippen LogP contribution in [0.4, 0.5) is 13.2 Å². The monoisotopic (exact) mass is 422 g/mol. The molecule has 9 heteroatoms. The molecule has 0 aromatic heterocycles. The molecule has 1 atom stereocenters. The molecule has 0 spiro atoms. The molecule has 1 N–H and O–H groups in total. The zero-order chi connectivity index (χ0) is 19.2. The van der Waals surface area contributed by atoms with Crippen LogP contribution in [0.2, 0.25) is 0 Å². The molecule has 1 unspecified atom stereocenters. The number of carboxylic acid groups (broad SMARTS) is 1. The van der Waals surface area contributed by atoms with Gasteiger partial charge in [-0.2, -0.15) is 13.2 Å². The zero-order valence-corrected chi connectivity index (χ0v) is 15.9. The van der Waals surface area contributed by atoms with Gasteiger partial charge in [-0.15, -0.1) is 0 Å². The van der Waals surface area contributed by atoms with Crippen molar-refractivity contribution in [3.05, 3.63) is 33.8 Å². The first-order valence-corrected chi connectivity index (χ1v) is 8.48. The number of hydrogen-bond donors (Lipinski definition) is 1. The average molecular weight is 423 g/mol. The summed E-state index contributed by atoms with van der Waals surface area (Å²) in [6, 6.07) is 3.66. The molecule has 0 bridgehead atoms. The van der Waals surface area contributed by atoms with Crippen molar-refractivity contribution in [1.82, 2.24) is 0 Å². The van der Waals surface area contributed by atoms with E-state index in [1.165, 1.54) is 12.1 Å². The lowest BCUT2D eigenvalue weighted by atomic mass is 9.65. The van der Waals surface area contributed by atoms with Crippen LogP contribution in [-0.4, -0.2) is 29.4 Å². The van der Waals surface area contributed by atoms with Gasteiger partial charge in [0.1, 0.15) is 0 Å². The molecular weight excluding hydrogens is 404 g/mol. The Labute approximate surface area is 153 Å². The highest BCUT2D eigenvalue weighted by molar-refractivity contribution is 9.10. The molecule has 1 fully saturated rings. The fourth-order valence-electron chi connectivity index (χ4n) is 2.69. The van der Waals surface area contributed by atoms with Crippen molar-refractivity contribution >= 4 is 29.0 Å². The maximum absolute atomic E-state index is 13.5. The number of rotatable bonds is 4. The number of carbonyl (C=O) groups is 1. The van der Waals surface area contributed by atoms with E-state index in [0.29, 0.717) is 0 Å². The second-order valence-corrected chi connectivity index (χ2v) is 7.97. The van der Waals surface area contributed by atoms with E-state index in [1.807, 2.05) is 0 Å². The number of benzene rings is 1. The molecule has 0 amide bonds. The van der Waals surface area contributed by atoms with Gasteiger partial charge in [-0.05, 0) is 45.4 Å². The Balaban J connectivity index is 2.52. The minimum absolute atomic E-state index is 0.156. The molecule has 0 aliphatic carbocycles. The van der Waals surface area contributed by atoms with Gasteiger partial charge in [0.25, 0.3) is 0 Å². The second-order valence-electron chi connectivity index (χ2n) is 7.06. The summed E-state index contributed by atoms with van der Waals surface area (Å²) >= 11 is 3.03. The first-order chi connectivity index (χ1) is 11.2. The molecule has 1 aliphatic heterocycles. The summed E-state index contributed by atoms with van der Waals surface area (Å²) in [6.45, 7) is 7.04. The van der Waals surface area contributed by atoms with Crippen LogP contribution in [0.15, 0.2) is 22.7 Å². The largest absolute Gasteiger partial charge is 0.481 e. The van der Waals surface area contributed by atoms with Crippen LogP contribution < -0.4 is 0 Å². The van der Waals surface area contributed by atoms with Gasteiger partial charge in [0.15, 0.2) is 0 Å². The Morgan fingerprint density at radius 2 is 1.76 bits per heavy atom. The van der Waals surface area contributed by atoms with Gasteiger partial charge in [-0.3, -0.25) is 4.79 Å². The van der Waals surface area contributed by atoms with Gasteiger partial charge >= 0.3 is 19.3 Å². The number of aliphatic carboxylic acids is 1. The maximum atomic E-state index is 13.5.